The highest BCUT2D eigenvalue weighted by molar-refractivity contribution is 5.99. The third-order valence-corrected chi connectivity index (χ3v) is 12.5. The van der Waals surface area contributed by atoms with Crippen molar-refractivity contribution < 1.29 is 0 Å². The van der Waals surface area contributed by atoms with Crippen LogP contribution < -0.4 is 0 Å². The molecule has 0 fully saturated rings. The maximum Gasteiger partial charge on any atom is 0.0722 e. The van der Waals surface area contributed by atoms with Crippen LogP contribution in [-0.4, -0.2) is 0 Å². The summed E-state index contributed by atoms with van der Waals surface area (Å²) in [6.07, 6.45) is 21.0. The molecule has 0 aromatic heterocycles. The zero-order valence-electron chi connectivity index (χ0n) is 29.8. The fourth-order valence-corrected chi connectivity index (χ4v) is 10.2. The minimum Gasteiger partial charge on any atom is -0.0836 e. The van der Waals surface area contributed by atoms with Gasteiger partial charge in [-0.15, -0.1) is 0 Å². The SMILES string of the molecule is CC1C=CC=CC1c1cccc2c1-c1ccccc1C21C2=C(c3ccccc31)C(C)(C)C=C2.Cc1ccc2c(c1)C(C)(C)C1=C2C=CCC1. The molecule has 6 aliphatic carbocycles. The Morgan fingerprint density at radius 3 is 2.18 bits per heavy atom. The van der Waals surface area contributed by atoms with E-state index in [4.69, 9.17) is 0 Å². The van der Waals surface area contributed by atoms with Gasteiger partial charge in [0.2, 0.25) is 0 Å². The third kappa shape index (κ3) is 4.10. The molecule has 0 heteroatoms. The van der Waals surface area contributed by atoms with E-state index in [1.807, 2.05) is 0 Å². The van der Waals surface area contributed by atoms with Gasteiger partial charge in [0.25, 0.3) is 0 Å². The van der Waals surface area contributed by atoms with Crippen molar-refractivity contribution in [3.05, 3.63) is 189 Å². The van der Waals surface area contributed by atoms with Gasteiger partial charge in [0.05, 0.1) is 5.41 Å². The van der Waals surface area contributed by atoms with Crippen molar-refractivity contribution in [3.63, 3.8) is 0 Å². The summed E-state index contributed by atoms with van der Waals surface area (Å²) in [7, 11) is 0. The molecule has 6 aliphatic rings. The largest absolute Gasteiger partial charge is 0.0836 e. The van der Waals surface area contributed by atoms with Crippen LogP contribution in [0.5, 0.6) is 0 Å². The van der Waals surface area contributed by atoms with E-state index >= 15 is 0 Å². The van der Waals surface area contributed by atoms with E-state index in [2.05, 4.69) is 175 Å². The molecule has 4 aromatic carbocycles. The van der Waals surface area contributed by atoms with Gasteiger partial charge in [0.15, 0.2) is 0 Å². The average molecular weight is 635 g/mol. The fraction of sp³-hybridized carbons (Fsp3) is 0.265. The zero-order chi connectivity index (χ0) is 33.7. The normalized spacial score (nSPS) is 25.1. The highest BCUT2D eigenvalue weighted by Gasteiger charge is 2.55. The smallest absolute Gasteiger partial charge is 0.0722 e. The molecular weight excluding hydrogens is 589 g/mol. The number of rotatable bonds is 1. The average Bonchev–Trinajstić information content (AvgIpc) is 3.77. The van der Waals surface area contributed by atoms with Crippen molar-refractivity contribution in [2.24, 2.45) is 11.3 Å². The molecule has 10 rings (SSSR count). The number of benzene rings is 4. The van der Waals surface area contributed by atoms with Gasteiger partial charge in [0.1, 0.15) is 0 Å². The molecule has 49 heavy (non-hydrogen) atoms. The number of allylic oxidation sites excluding steroid dienone is 12. The van der Waals surface area contributed by atoms with Crippen LogP contribution in [0.4, 0.5) is 0 Å². The summed E-state index contributed by atoms with van der Waals surface area (Å²) in [6, 6.07) is 32.3. The minimum atomic E-state index is -0.227. The van der Waals surface area contributed by atoms with Crippen molar-refractivity contribution in [2.45, 2.75) is 71.1 Å². The summed E-state index contributed by atoms with van der Waals surface area (Å²) in [4.78, 5) is 0. The Bertz CT molecular complexity index is 2250. The first kappa shape index (κ1) is 30.4. The molecule has 0 heterocycles. The lowest BCUT2D eigenvalue weighted by Gasteiger charge is -2.32. The standard InChI is InChI=1S/C33H28.C16H18/c1-21-11-4-5-12-22(21)23-15-10-18-28-30(23)24-13-6-8-16-26(24)33(28)27-17-9-7-14-25(27)31-29(33)19-20-32(31,2)3;1-11-8-9-13-12-6-4-5-7-14(12)16(2,3)15(13)10-11/h4-22H,1-3H3;4,6,8-10H,5,7H2,1-3H3. The Balaban J connectivity index is 0.000000170. The molecule has 3 unspecified atom stereocenters. The summed E-state index contributed by atoms with van der Waals surface area (Å²) in [5.41, 5.74) is 20.6. The molecule has 0 nitrogen and oxygen atoms in total. The van der Waals surface area contributed by atoms with Crippen molar-refractivity contribution in [1.29, 1.82) is 0 Å². The van der Waals surface area contributed by atoms with Gasteiger partial charge in [-0.05, 0) is 92.5 Å². The quantitative estimate of drug-likeness (QED) is 0.195. The highest BCUT2D eigenvalue weighted by atomic mass is 14.6. The predicted octanol–water partition coefficient (Wildman–Crippen LogP) is 12.6. The van der Waals surface area contributed by atoms with E-state index in [-0.39, 0.29) is 16.2 Å². The monoisotopic (exact) mass is 634 g/mol. The Labute approximate surface area is 293 Å². The van der Waals surface area contributed by atoms with Crippen LogP contribution in [0.1, 0.15) is 97.9 Å². The Hall–Kier alpha value is -4.68. The number of hydrogen-bond donors (Lipinski definition) is 0. The molecule has 0 amide bonds. The maximum absolute atomic E-state index is 2.43. The second kappa shape index (κ2) is 10.7. The number of aryl methyl sites for hydroxylation is 1. The third-order valence-electron chi connectivity index (χ3n) is 12.5. The zero-order valence-corrected chi connectivity index (χ0v) is 29.8. The lowest BCUT2D eigenvalue weighted by atomic mass is 9.69. The second-order valence-corrected chi connectivity index (χ2v) is 16.1. The maximum atomic E-state index is 2.43. The summed E-state index contributed by atoms with van der Waals surface area (Å²) in [5.74, 6) is 0.884. The summed E-state index contributed by atoms with van der Waals surface area (Å²) < 4.78 is 0. The van der Waals surface area contributed by atoms with Crippen LogP contribution in [0.3, 0.4) is 0 Å². The lowest BCUT2D eigenvalue weighted by Crippen LogP contribution is -2.26. The van der Waals surface area contributed by atoms with Gasteiger partial charge in [-0.3, -0.25) is 0 Å². The molecule has 242 valence electrons. The first-order valence-corrected chi connectivity index (χ1v) is 18.3. The van der Waals surface area contributed by atoms with Gasteiger partial charge < -0.3 is 0 Å². The lowest BCUT2D eigenvalue weighted by molar-refractivity contribution is 0.607. The van der Waals surface area contributed by atoms with Crippen LogP contribution in [0, 0.1) is 18.3 Å². The summed E-state index contributed by atoms with van der Waals surface area (Å²) in [5, 5.41) is 0. The van der Waals surface area contributed by atoms with E-state index in [9.17, 15) is 0 Å². The van der Waals surface area contributed by atoms with Crippen molar-refractivity contribution >= 4 is 11.1 Å². The molecule has 4 aromatic rings. The van der Waals surface area contributed by atoms with E-state index in [0.29, 0.717) is 11.8 Å². The molecule has 3 atom stereocenters. The van der Waals surface area contributed by atoms with Crippen molar-refractivity contribution in [2.75, 3.05) is 0 Å². The van der Waals surface area contributed by atoms with Crippen LogP contribution in [0.2, 0.25) is 0 Å². The van der Waals surface area contributed by atoms with Gasteiger partial charge >= 0.3 is 0 Å². The highest BCUT2D eigenvalue weighted by Crippen LogP contribution is 2.67. The first-order valence-electron chi connectivity index (χ1n) is 18.3. The molecule has 0 saturated heterocycles. The molecule has 0 radical (unpaired) electrons. The molecule has 1 spiro atoms. The number of fused-ring (bicyclic) bond motifs is 11. The van der Waals surface area contributed by atoms with Gasteiger partial charge in [-0.2, -0.15) is 0 Å². The van der Waals surface area contributed by atoms with Crippen molar-refractivity contribution in [1.82, 2.24) is 0 Å². The molecule has 0 aliphatic heterocycles. The van der Waals surface area contributed by atoms with Crippen LogP contribution in [0.25, 0.3) is 22.3 Å². The predicted molar refractivity (Wildman–Crippen MR) is 208 cm³/mol. The Morgan fingerprint density at radius 1 is 0.673 bits per heavy atom. The Morgan fingerprint density at radius 2 is 1.39 bits per heavy atom. The van der Waals surface area contributed by atoms with Crippen LogP contribution in [0.15, 0.2) is 145 Å². The van der Waals surface area contributed by atoms with Gasteiger partial charge in [-0.25, -0.2) is 0 Å². The van der Waals surface area contributed by atoms with E-state index in [0.717, 1.165) is 0 Å². The molecule has 0 N–H and O–H groups in total. The second-order valence-electron chi connectivity index (χ2n) is 16.1. The molecular formula is C49H46. The topological polar surface area (TPSA) is 0 Å². The van der Waals surface area contributed by atoms with Gasteiger partial charge in [0, 0.05) is 16.7 Å². The summed E-state index contributed by atoms with van der Waals surface area (Å²) >= 11 is 0. The van der Waals surface area contributed by atoms with Crippen LogP contribution >= 0.6 is 0 Å². The summed E-state index contributed by atoms with van der Waals surface area (Å²) in [6.45, 7) is 14.0. The minimum absolute atomic E-state index is 0.0374. The molecule has 0 saturated carbocycles. The first-order chi connectivity index (χ1) is 23.7. The number of hydrogen-bond acceptors (Lipinski definition) is 0. The van der Waals surface area contributed by atoms with Gasteiger partial charge in [-0.1, -0.05) is 179 Å². The van der Waals surface area contributed by atoms with E-state index in [1.54, 1.807) is 5.57 Å². The molecule has 0 bridgehead atoms. The van der Waals surface area contributed by atoms with Crippen LogP contribution in [-0.2, 0) is 10.8 Å². The van der Waals surface area contributed by atoms with E-state index in [1.165, 1.54) is 85.2 Å². The fourth-order valence-electron chi connectivity index (χ4n) is 10.2. The van der Waals surface area contributed by atoms with E-state index < -0.39 is 0 Å². The van der Waals surface area contributed by atoms with Crippen molar-refractivity contribution in [3.8, 4) is 11.1 Å². The Kier molecular flexibility index (Phi) is 6.61.